The molecule has 84 valence electrons. The van der Waals surface area contributed by atoms with E-state index in [9.17, 15) is 4.79 Å². The highest BCUT2D eigenvalue weighted by molar-refractivity contribution is 5.75. The number of hydrogen-bond acceptors (Lipinski definition) is 3. The van der Waals surface area contributed by atoms with Crippen molar-refractivity contribution in [1.82, 2.24) is 10.2 Å². The first-order chi connectivity index (χ1) is 6.57. The second kappa shape index (κ2) is 7.76. The molecule has 0 fully saturated rings. The third-order valence-corrected chi connectivity index (χ3v) is 1.95. The van der Waals surface area contributed by atoms with Crippen molar-refractivity contribution >= 4 is 5.91 Å². The second-order valence-corrected chi connectivity index (χ2v) is 3.67. The van der Waals surface area contributed by atoms with Gasteiger partial charge in [0, 0.05) is 33.3 Å². The fourth-order valence-electron chi connectivity index (χ4n) is 1.03. The topological polar surface area (TPSA) is 41.6 Å². The number of amides is 1. The van der Waals surface area contributed by atoms with Crippen molar-refractivity contribution in [3.8, 4) is 0 Å². The Kier molecular flexibility index (Phi) is 7.42. The summed E-state index contributed by atoms with van der Waals surface area (Å²) in [6.45, 7) is 6.27. The Bertz CT molecular complexity index is 160. The number of nitrogens with one attached hydrogen (secondary N) is 1. The van der Waals surface area contributed by atoms with E-state index in [0.717, 1.165) is 13.1 Å². The van der Waals surface area contributed by atoms with Gasteiger partial charge in [-0.25, -0.2) is 0 Å². The molecule has 1 amide bonds. The van der Waals surface area contributed by atoms with Crippen LogP contribution in [0.25, 0.3) is 0 Å². The van der Waals surface area contributed by atoms with Crippen molar-refractivity contribution in [3.05, 3.63) is 0 Å². The van der Waals surface area contributed by atoms with Crippen LogP contribution in [0, 0.1) is 0 Å². The first-order valence-electron chi connectivity index (χ1n) is 5.04. The lowest BCUT2D eigenvalue weighted by Crippen LogP contribution is -2.36. The van der Waals surface area contributed by atoms with E-state index in [1.165, 1.54) is 0 Å². The SMILES string of the molecule is COCCC(=O)N(C)CCNC(C)C. The first-order valence-corrected chi connectivity index (χ1v) is 5.04. The van der Waals surface area contributed by atoms with E-state index in [1.807, 2.05) is 7.05 Å². The summed E-state index contributed by atoms with van der Waals surface area (Å²) in [5.41, 5.74) is 0. The van der Waals surface area contributed by atoms with Crippen LogP contribution >= 0.6 is 0 Å². The number of likely N-dealkylation sites (N-methyl/N-ethyl adjacent to an activating group) is 1. The fourth-order valence-corrected chi connectivity index (χ4v) is 1.03. The molecule has 0 aromatic heterocycles. The van der Waals surface area contributed by atoms with Crippen LogP contribution in [0.5, 0.6) is 0 Å². The highest BCUT2D eigenvalue weighted by atomic mass is 16.5. The maximum Gasteiger partial charge on any atom is 0.224 e. The minimum absolute atomic E-state index is 0.136. The zero-order valence-corrected chi connectivity index (χ0v) is 9.67. The van der Waals surface area contributed by atoms with Gasteiger partial charge in [-0.2, -0.15) is 0 Å². The molecule has 0 aromatic rings. The van der Waals surface area contributed by atoms with Crippen molar-refractivity contribution in [3.63, 3.8) is 0 Å². The largest absolute Gasteiger partial charge is 0.384 e. The number of methoxy groups -OCH3 is 1. The minimum atomic E-state index is 0.136. The molecule has 0 radical (unpaired) electrons. The Morgan fingerprint density at radius 1 is 1.50 bits per heavy atom. The van der Waals surface area contributed by atoms with E-state index in [2.05, 4.69) is 19.2 Å². The predicted octanol–water partition coefficient (Wildman–Crippen LogP) is 0.479. The average Bonchev–Trinajstić information content (AvgIpc) is 2.13. The van der Waals surface area contributed by atoms with Crippen LogP contribution in [0.4, 0.5) is 0 Å². The van der Waals surface area contributed by atoms with Gasteiger partial charge in [0.15, 0.2) is 0 Å². The number of carbonyl (C=O) groups excluding carboxylic acids is 1. The normalized spacial score (nSPS) is 10.6. The molecule has 0 spiro atoms. The summed E-state index contributed by atoms with van der Waals surface area (Å²) in [7, 11) is 3.42. The third kappa shape index (κ3) is 6.86. The Morgan fingerprint density at radius 2 is 2.14 bits per heavy atom. The molecule has 1 N–H and O–H groups in total. The molecule has 0 saturated carbocycles. The molecular weight excluding hydrogens is 180 g/mol. The smallest absolute Gasteiger partial charge is 0.224 e. The Morgan fingerprint density at radius 3 is 2.64 bits per heavy atom. The lowest BCUT2D eigenvalue weighted by molar-refractivity contribution is -0.130. The van der Waals surface area contributed by atoms with Gasteiger partial charge < -0.3 is 15.0 Å². The van der Waals surface area contributed by atoms with E-state index in [-0.39, 0.29) is 5.91 Å². The zero-order valence-electron chi connectivity index (χ0n) is 9.67. The number of hydrogen-bond donors (Lipinski definition) is 1. The summed E-state index contributed by atoms with van der Waals surface area (Å²) in [6, 6.07) is 0.470. The van der Waals surface area contributed by atoms with Crippen LogP contribution < -0.4 is 5.32 Å². The van der Waals surface area contributed by atoms with Gasteiger partial charge >= 0.3 is 0 Å². The van der Waals surface area contributed by atoms with Crippen molar-refractivity contribution < 1.29 is 9.53 Å². The predicted molar refractivity (Wildman–Crippen MR) is 57.3 cm³/mol. The van der Waals surface area contributed by atoms with E-state index < -0.39 is 0 Å². The molecule has 0 bridgehead atoms. The maximum absolute atomic E-state index is 11.4. The molecule has 4 nitrogen and oxygen atoms in total. The van der Waals surface area contributed by atoms with Gasteiger partial charge in [-0.05, 0) is 0 Å². The fraction of sp³-hybridized carbons (Fsp3) is 0.900. The summed E-state index contributed by atoms with van der Waals surface area (Å²) in [5, 5.41) is 3.26. The zero-order chi connectivity index (χ0) is 11.0. The van der Waals surface area contributed by atoms with Crippen LogP contribution in [-0.2, 0) is 9.53 Å². The summed E-state index contributed by atoms with van der Waals surface area (Å²) in [4.78, 5) is 13.1. The molecule has 0 aliphatic heterocycles. The summed E-state index contributed by atoms with van der Waals surface area (Å²) in [6.07, 6.45) is 0.467. The van der Waals surface area contributed by atoms with Gasteiger partial charge in [0.25, 0.3) is 0 Å². The molecule has 0 aliphatic rings. The Hall–Kier alpha value is -0.610. The number of ether oxygens (including phenoxy) is 1. The molecular formula is C10H22N2O2. The van der Waals surface area contributed by atoms with Crippen LogP contribution in [0.1, 0.15) is 20.3 Å². The molecule has 14 heavy (non-hydrogen) atoms. The Balaban J connectivity index is 3.51. The van der Waals surface area contributed by atoms with Crippen LogP contribution in [0.3, 0.4) is 0 Å². The average molecular weight is 202 g/mol. The molecule has 0 atom stereocenters. The van der Waals surface area contributed by atoms with Crippen LogP contribution in [0.15, 0.2) is 0 Å². The molecule has 0 aliphatic carbocycles. The van der Waals surface area contributed by atoms with Crippen LogP contribution in [0.2, 0.25) is 0 Å². The lowest BCUT2D eigenvalue weighted by Gasteiger charge is -2.18. The van der Waals surface area contributed by atoms with Crippen molar-refractivity contribution in [1.29, 1.82) is 0 Å². The summed E-state index contributed by atoms with van der Waals surface area (Å²) >= 11 is 0. The molecule has 0 rings (SSSR count). The Labute approximate surface area is 86.6 Å². The van der Waals surface area contributed by atoms with Crippen molar-refractivity contribution in [2.75, 3.05) is 33.9 Å². The first kappa shape index (κ1) is 13.4. The molecule has 0 unspecified atom stereocenters. The van der Waals surface area contributed by atoms with E-state index in [1.54, 1.807) is 12.0 Å². The van der Waals surface area contributed by atoms with Crippen molar-refractivity contribution in [2.24, 2.45) is 0 Å². The summed E-state index contributed by atoms with van der Waals surface area (Å²) in [5.74, 6) is 0.136. The monoisotopic (exact) mass is 202 g/mol. The number of carbonyl (C=O) groups is 1. The van der Waals surface area contributed by atoms with Gasteiger partial charge in [0.2, 0.25) is 5.91 Å². The van der Waals surface area contributed by atoms with Gasteiger partial charge in [0.1, 0.15) is 0 Å². The van der Waals surface area contributed by atoms with E-state index >= 15 is 0 Å². The third-order valence-electron chi connectivity index (χ3n) is 1.95. The van der Waals surface area contributed by atoms with Gasteiger partial charge in [-0.3, -0.25) is 4.79 Å². The van der Waals surface area contributed by atoms with Gasteiger partial charge in [0.05, 0.1) is 13.0 Å². The molecule has 0 saturated heterocycles. The standard InChI is InChI=1S/C10H22N2O2/c1-9(2)11-6-7-12(3)10(13)5-8-14-4/h9,11H,5-8H2,1-4H3. The van der Waals surface area contributed by atoms with Crippen LogP contribution in [-0.4, -0.2) is 50.7 Å². The minimum Gasteiger partial charge on any atom is -0.384 e. The van der Waals surface area contributed by atoms with Crippen molar-refractivity contribution in [2.45, 2.75) is 26.3 Å². The quantitative estimate of drug-likeness (QED) is 0.653. The van der Waals surface area contributed by atoms with Gasteiger partial charge in [-0.15, -0.1) is 0 Å². The van der Waals surface area contributed by atoms with Gasteiger partial charge in [-0.1, -0.05) is 13.8 Å². The number of nitrogens with zero attached hydrogens (tertiary/aromatic N) is 1. The van der Waals surface area contributed by atoms with E-state index in [4.69, 9.17) is 4.74 Å². The number of rotatable bonds is 7. The van der Waals surface area contributed by atoms with E-state index in [0.29, 0.717) is 19.1 Å². The molecule has 0 heterocycles. The second-order valence-electron chi connectivity index (χ2n) is 3.67. The maximum atomic E-state index is 11.4. The molecule has 4 heteroatoms. The summed E-state index contributed by atoms with van der Waals surface area (Å²) < 4.78 is 4.84. The lowest BCUT2D eigenvalue weighted by atomic mass is 10.3. The highest BCUT2D eigenvalue weighted by Crippen LogP contribution is 1.90. The highest BCUT2D eigenvalue weighted by Gasteiger charge is 2.07. The molecule has 0 aromatic carbocycles.